The molecule has 4 unspecified atom stereocenters. The van der Waals surface area contributed by atoms with Gasteiger partial charge in [-0.25, -0.2) is 9.59 Å². The lowest BCUT2D eigenvalue weighted by Gasteiger charge is -2.38. The smallest absolute Gasteiger partial charge is 0.407 e. The van der Waals surface area contributed by atoms with Gasteiger partial charge < -0.3 is 24.8 Å². The maximum absolute atomic E-state index is 13.2. The van der Waals surface area contributed by atoms with E-state index in [1.54, 1.807) is 0 Å². The van der Waals surface area contributed by atoms with Crippen LogP contribution in [0.15, 0.2) is 48.5 Å². The number of alkyl carbamates (subject to hydrolysis) is 1. The number of nitrogens with one attached hydrogen (secondary N) is 1. The molecule has 2 aromatic carbocycles. The number of carbonyl (C=O) groups is 3. The number of nitrogens with zero attached hydrogens (tertiary/aromatic N) is 1. The summed E-state index contributed by atoms with van der Waals surface area (Å²) in [6.07, 6.45) is 0.110. The van der Waals surface area contributed by atoms with Gasteiger partial charge in [-0.05, 0) is 47.4 Å². The van der Waals surface area contributed by atoms with Crippen molar-refractivity contribution < 1.29 is 29.0 Å². The third kappa shape index (κ3) is 4.50. The fourth-order valence-electron chi connectivity index (χ4n) is 5.59. The number of amides is 2. The second kappa shape index (κ2) is 9.70. The molecular weight excluding hydrogens is 448 g/mol. The Bertz CT molecular complexity index is 1090. The third-order valence-corrected chi connectivity index (χ3v) is 7.37. The van der Waals surface area contributed by atoms with Crippen molar-refractivity contribution in [3.05, 3.63) is 59.7 Å². The Kier molecular flexibility index (Phi) is 6.47. The summed E-state index contributed by atoms with van der Waals surface area (Å²) in [5.74, 6) is -1.24. The lowest BCUT2D eigenvalue weighted by atomic mass is 9.93. The van der Waals surface area contributed by atoms with E-state index < -0.39 is 30.3 Å². The van der Waals surface area contributed by atoms with E-state index in [-0.39, 0.29) is 24.3 Å². The van der Waals surface area contributed by atoms with Gasteiger partial charge in [-0.3, -0.25) is 4.79 Å². The minimum absolute atomic E-state index is 0.0587. The van der Waals surface area contributed by atoms with Crippen molar-refractivity contribution in [1.82, 2.24) is 10.2 Å². The maximum atomic E-state index is 13.2. The normalized spacial score (nSPS) is 25.6. The Morgan fingerprint density at radius 2 is 1.69 bits per heavy atom. The minimum atomic E-state index is -1.01. The highest BCUT2D eigenvalue weighted by Crippen LogP contribution is 2.44. The van der Waals surface area contributed by atoms with Gasteiger partial charge in [-0.1, -0.05) is 55.5 Å². The second-order valence-electron chi connectivity index (χ2n) is 9.68. The topological polar surface area (TPSA) is 105 Å². The quantitative estimate of drug-likeness (QED) is 0.683. The molecule has 184 valence electrons. The maximum Gasteiger partial charge on any atom is 0.407 e. The van der Waals surface area contributed by atoms with E-state index in [0.717, 1.165) is 28.7 Å². The van der Waals surface area contributed by atoms with Crippen LogP contribution < -0.4 is 5.32 Å². The van der Waals surface area contributed by atoms with Gasteiger partial charge in [0.15, 0.2) is 6.10 Å². The summed E-state index contributed by atoms with van der Waals surface area (Å²) in [6, 6.07) is 14.8. The number of fused-ring (bicyclic) bond motifs is 3. The van der Waals surface area contributed by atoms with Crippen LogP contribution in [0.1, 0.15) is 43.2 Å². The molecule has 1 aliphatic carbocycles. The molecule has 2 aromatic rings. The van der Waals surface area contributed by atoms with Gasteiger partial charge in [0, 0.05) is 19.1 Å². The molecule has 2 heterocycles. The molecule has 8 heteroatoms. The SMILES string of the molecule is CC1CCC(C(=O)O)N(C(=O)C2OCCC2NC(=O)OCC2c3ccccc3-c3ccccc32)C1. The molecule has 2 saturated heterocycles. The van der Waals surface area contributed by atoms with E-state index >= 15 is 0 Å². The fourth-order valence-corrected chi connectivity index (χ4v) is 5.59. The van der Waals surface area contributed by atoms with E-state index in [1.165, 1.54) is 4.90 Å². The number of hydrogen-bond donors (Lipinski definition) is 2. The molecule has 2 aliphatic heterocycles. The molecule has 8 nitrogen and oxygen atoms in total. The molecule has 0 radical (unpaired) electrons. The predicted octanol–water partition coefficient (Wildman–Crippen LogP) is 3.39. The largest absolute Gasteiger partial charge is 0.480 e. The summed E-state index contributed by atoms with van der Waals surface area (Å²) in [6.45, 7) is 2.86. The van der Waals surface area contributed by atoms with Crippen molar-refractivity contribution in [3.8, 4) is 11.1 Å². The van der Waals surface area contributed by atoms with E-state index in [1.807, 2.05) is 31.2 Å². The molecule has 2 amide bonds. The van der Waals surface area contributed by atoms with Gasteiger partial charge in [-0.2, -0.15) is 0 Å². The Balaban J connectivity index is 1.23. The van der Waals surface area contributed by atoms with Crippen LogP contribution in [-0.4, -0.2) is 65.9 Å². The highest BCUT2D eigenvalue weighted by molar-refractivity contribution is 5.88. The van der Waals surface area contributed by atoms with E-state index in [4.69, 9.17) is 9.47 Å². The van der Waals surface area contributed by atoms with Crippen LogP contribution in [0.25, 0.3) is 11.1 Å². The van der Waals surface area contributed by atoms with Gasteiger partial charge in [0.1, 0.15) is 12.6 Å². The van der Waals surface area contributed by atoms with Gasteiger partial charge >= 0.3 is 12.1 Å². The number of carboxylic acids is 1. The molecule has 2 N–H and O–H groups in total. The number of carboxylic acid groups (broad SMARTS) is 1. The number of hydrogen-bond acceptors (Lipinski definition) is 5. The second-order valence-corrected chi connectivity index (χ2v) is 9.68. The molecular formula is C27H30N2O6. The average molecular weight is 479 g/mol. The number of piperidine rings is 1. The lowest BCUT2D eigenvalue weighted by Crippen LogP contribution is -2.56. The van der Waals surface area contributed by atoms with Crippen LogP contribution in [0.5, 0.6) is 0 Å². The molecule has 35 heavy (non-hydrogen) atoms. The van der Waals surface area contributed by atoms with Gasteiger partial charge in [0.05, 0.1) is 6.04 Å². The van der Waals surface area contributed by atoms with Crippen LogP contribution >= 0.6 is 0 Å². The molecule has 0 bridgehead atoms. The molecule has 0 spiro atoms. The number of likely N-dealkylation sites (tertiary alicyclic amines) is 1. The Morgan fingerprint density at radius 1 is 1.03 bits per heavy atom. The van der Waals surface area contributed by atoms with Crippen molar-refractivity contribution in [3.63, 3.8) is 0 Å². The highest BCUT2D eigenvalue weighted by atomic mass is 16.6. The molecule has 4 atom stereocenters. The zero-order valence-electron chi connectivity index (χ0n) is 19.7. The van der Waals surface area contributed by atoms with E-state index in [0.29, 0.717) is 26.0 Å². The van der Waals surface area contributed by atoms with Crippen LogP contribution in [0.3, 0.4) is 0 Å². The number of aliphatic carboxylic acids is 1. The van der Waals surface area contributed by atoms with Crippen LogP contribution in [0, 0.1) is 5.92 Å². The summed E-state index contributed by atoms with van der Waals surface area (Å²) in [4.78, 5) is 39.1. The Hall–Kier alpha value is -3.39. The van der Waals surface area contributed by atoms with Crippen molar-refractivity contribution in [2.75, 3.05) is 19.8 Å². The van der Waals surface area contributed by atoms with Crippen molar-refractivity contribution in [1.29, 1.82) is 0 Å². The summed E-state index contributed by atoms with van der Waals surface area (Å²) < 4.78 is 11.3. The van der Waals surface area contributed by atoms with Gasteiger partial charge in [0.25, 0.3) is 5.91 Å². The Morgan fingerprint density at radius 3 is 2.34 bits per heavy atom. The van der Waals surface area contributed by atoms with Gasteiger partial charge in [0.2, 0.25) is 0 Å². The number of benzene rings is 2. The number of carbonyl (C=O) groups excluding carboxylic acids is 2. The zero-order valence-corrected chi connectivity index (χ0v) is 19.7. The van der Waals surface area contributed by atoms with Crippen molar-refractivity contribution in [2.45, 2.75) is 50.3 Å². The summed E-state index contributed by atoms with van der Waals surface area (Å²) in [7, 11) is 0. The van der Waals surface area contributed by atoms with Crippen LogP contribution in [-0.2, 0) is 19.1 Å². The summed E-state index contributed by atoms with van der Waals surface area (Å²) in [5, 5.41) is 12.4. The first-order chi connectivity index (χ1) is 16.9. The first kappa shape index (κ1) is 23.4. The van der Waals surface area contributed by atoms with E-state index in [9.17, 15) is 19.5 Å². The first-order valence-electron chi connectivity index (χ1n) is 12.2. The first-order valence-corrected chi connectivity index (χ1v) is 12.2. The zero-order chi connectivity index (χ0) is 24.5. The molecule has 0 saturated carbocycles. The molecule has 2 fully saturated rings. The lowest BCUT2D eigenvalue weighted by molar-refractivity contribution is -0.158. The molecule has 5 rings (SSSR count). The predicted molar refractivity (Wildman–Crippen MR) is 128 cm³/mol. The number of ether oxygens (including phenoxy) is 2. The summed E-state index contributed by atoms with van der Waals surface area (Å²) >= 11 is 0. The van der Waals surface area contributed by atoms with Gasteiger partial charge in [-0.15, -0.1) is 0 Å². The fraction of sp³-hybridized carbons (Fsp3) is 0.444. The third-order valence-electron chi connectivity index (χ3n) is 7.37. The van der Waals surface area contributed by atoms with Crippen LogP contribution in [0.4, 0.5) is 4.79 Å². The van der Waals surface area contributed by atoms with Crippen LogP contribution in [0.2, 0.25) is 0 Å². The summed E-state index contributed by atoms with van der Waals surface area (Å²) in [5.41, 5.74) is 4.54. The molecule has 0 aromatic heterocycles. The monoisotopic (exact) mass is 478 g/mol. The average Bonchev–Trinajstić information content (AvgIpc) is 3.44. The van der Waals surface area contributed by atoms with Crippen molar-refractivity contribution >= 4 is 18.0 Å². The number of rotatable bonds is 5. The Labute approximate surface area is 204 Å². The van der Waals surface area contributed by atoms with Crippen molar-refractivity contribution in [2.24, 2.45) is 5.92 Å². The van der Waals surface area contributed by atoms with E-state index in [2.05, 4.69) is 29.6 Å². The minimum Gasteiger partial charge on any atom is -0.480 e. The standard InChI is InChI=1S/C27H30N2O6/c1-16-10-11-23(26(31)32)29(14-16)25(30)24-22(12-13-34-24)28-27(33)35-15-21-19-8-4-2-6-17(19)18-7-3-5-9-20(18)21/h2-9,16,21-24H,10-15H2,1H3,(H,28,33)(H,31,32). The highest BCUT2D eigenvalue weighted by Gasteiger charge is 2.43. The molecule has 3 aliphatic rings.